The van der Waals surface area contributed by atoms with Crippen LogP contribution in [0.15, 0.2) is 0 Å². The third-order valence-corrected chi connectivity index (χ3v) is 1.96. The lowest BCUT2D eigenvalue weighted by Gasteiger charge is -2.27. The van der Waals surface area contributed by atoms with Gasteiger partial charge in [0.05, 0.1) is 0 Å². The van der Waals surface area contributed by atoms with E-state index in [1.165, 1.54) is 12.8 Å². The summed E-state index contributed by atoms with van der Waals surface area (Å²) in [6, 6.07) is 0.611. The Bertz CT molecular complexity index is 189. The van der Waals surface area contributed by atoms with Gasteiger partial charge in [0.25, 0.3) is 0 Å². The summed E-state index contributed by atoms with van der Waals surface area (Å²) < 4.78 is 0. The minimum absolute atomic E-state index is 0.233. The number of rotatable bonds is 1. The van der Waals surface area contributed by atoms with Crippen LogP contribution in [0, 0.1) is 11.8 Å². The summed E-state index contributed by atoms with van der Waals surface area (Å²) in [6.45, 7) is 6.64. The smallest absolute Gasteiger partial charge is 0.0243 e. The first-order valence-electron chi connectivity index (χ1n) is 4.81. The summed E-state index contributed by atoms with van der Waals surface area (Å²) >= 11 is 0. The van der Waals surface area contributed by atoms with Crippen molar-refractivity contribution in [2.75, 3.05) is 0 Å². The molecular formula is C11H19N. The lowest BCUT2D eigenvalue weighted by Crippen LogP contribution is -2.43. The molecule has 1 atom stereocenters. The summed E-state index contributed by atoms with van der Waals surface area (Å²) in [7, 11) is 0. The fraction of sp³-hybridized carbons (Fsp3) is 0.818. The highest BCUT2D eigenvalue weighted by Crippen LogP contribution is 2.11. The molecule has 12 heavy (non-hydrogen) atoms. The highest BCUT2D eigenvalue weighted by atomic mass is 15.0. The number of nitrogens with one attached hydrogen (secondary N) is 1. The highest BCUT2D eigenvalue weighted by molar-refractivity contribution is 5.04. The maximum absolute atomic E-state index is 3.60. The molecule has 0 aliphatic heterocycles. The lowest BCUT2D eigenvalue weighted by atomic mass is 10.0. The zero-order chi connectivity index (χ0) is 9.03. The molecule has 0 bridgehead atoms. The summed E-state index contributed by atoms with van der Waals surface area (Å²) in [5, 5.41) is 3.60. The Balaban J connectivity index is 2.38. The van der Waals surface area contributed by atoms with E-state index in [4.69, 9.17) is 0 Å². The largest absolute Gasteiger partial charge is 0.308 e. The first-order chi connectivity index (χ1) is 5.58. The molecule has 1 aliphatic rings. The fourth-order valence-electron chi connectivity index (χ4n) is 1.56. The Hall–Kier alpha value is -0.480. The molecule has 0 aromatic heterocycles. The van der Waals surface area contributed by atoms with E-state index in [9.17, 15) is 0 Å². The van der Waals surface area contributed by atoms with Gasteiger partial charge in [-0.25, -0.2) is 0 Å². The molecule has 0 saturated carbocycles. The second-order valence-electron chi connectivity index (χ2n) is 4.54. The van der Waals surface area contributed by atoms with Gasteiger partial charge in [-0.15, -0.1) is 11.8 Å². The van der Waals surface area contributed by atoms with E-state index in [1.54, 1.807) is 0 Å². The molecule has 0 saturated heterocycles. The SMILES string of the molecule is CC(C)(C)NC1CC#CCCC1. The third-order valence-electron chi connectivity index (χ3n) is 1.96. The van der Waals surface area contributed by atoms with Crippen LogP contribution in [0.25, 0.3) is 0 Å². The molecule has 0 amide bonds. The van der Waals surface area contributed by atoms with Crippen molar-refractivity contribution in [3.63, 3.8) is 0 Å². The van der Waals surface area contributed by atoms with E-state index in [0.29, 0.717) is 6.04 Å². The molecular weight excluding hydrogens is 146 g/mol. The van der Waals surface area contributed by atoms with Crippen LogP contribution >= 0.6 is 0 Å². The van der Waals surface area contributed by atoms with Gasteiger partial charge in [0.2, 0.25) is 0 Å². The van der Waals surface area contributed by atoms with Crippen molar-refractivity contribution in [2.24, 2.45) is 0 Å². The predicted molar refractivity (Wildman–Crippen MR) is 52.9 cm³/mol. The molecule has 1 unspecified atom stereocenters. The second kappa shape index (κ2) is 3.96. The molecule has 1 heteroatoms. The van der Waals surface area contributed by atoms with Gasteiger partial charge in [-0.3, -0.25) is 0 Å². The Kier molecular flexibility index (Phi) is 3.17. The van der Waals surface area contributed by atoms with E-state index >= 15 is 0 Å². The molecule has 1 N–H and O–H groups in total. The van der Waals surface area contributed by atoms with Crippen LogP contribution in [-0.2, 0) is 0 Å². The predicted octanol–water partition coefficient (Wildman–Crippen LogP) is 2.32. The molecule has 0 fully saturated rings. The minimum Gasteiger partial charge on any atom is -0.308 e. The van der Waals surface area contributed by atoms with Crippen LogP contribution in [0.2, 0.25) is 0 Å². The average molecular weight is 165 g/mol. The van der Waals surface area contributed by atoms with E-state index in [1.807, 2.05) is 0 Å². The monoisotopic (exact) mass is 165 g/mol. The molecule has 0 spiro atoms. The molecule has 0 aromatic carbocycles. The molecule has 1 nitrogen and oxygen atoms in total. The van der Waals surface area contributed by atoms with Gasteiger partial charge in [0.15, 0.2) is 0 Å². The quantitative estimate of drug-likeness (QED) is 0.588. The normalized spacial score (nSPS) is 24.1. The Morgan fingerprint density at radius 2 is 2.00 bits per heavy atom. The summed E-state index contributed by atoms with van der Waals surface area (Å²) in [5.41, 5.74) is 0.233. The fourth-order valence-corrected chi connectivity index (χ4v) is 1.56. The summed E-state index contributed by atoms with van der Waals surface area (Å²) in [6.07, 6.45) is 4.62. The van der Waals surface area contributed by atoms with Gasteiger partial charge >= 0.3 is 0 Å². The van der Waals surface area contributed by atoms with E-state index < -0.39 is 0 Å². The highest BCUT2D eigenvalue weighted by Gasteiger charge is 2.16. The minimum atomic E-state index is 0.233. The van der Waals surface area contributed by atoms with Gasteiger partial charge in [0, 0.05) is 24.4 Å². The van der Waals surface area contributed by atoms with Crippen LogP contribution in [0.1, 0.15) is 46.5 Å². The average Bonchev–Trinajstić information content (AvgIpc) is 2.12. The first-order valence-corrected chi connectivity index (χ1v) is 4.81. The van der Waals surface area contributed by atoms with Crippen molar-refractivity contribution in [1.29, 1.82) is 0 Å². The van der Waals surface area contributed by atoms with Gasteiger partial charge in [-0.2, -0.15) is 0 Å². The van der Waals surface area contributed by atoms with Crippen LogP contribution in [-0.4, -0.2) is 11.6 Å². The summed E-state index contributed by atoms with van der Waals surface area (Å²) in [4.78, 5) is 0. The Morgan fingerprint density at radius 1 is 1.25 bits per heavy atom. The van der Waals surface area contributed by atoms with Crippen LogP contribution in [0.3, 0.4) is 0 Å². The number of hydrogen-bond donors (Lipinski definition) is 1. The van der Waals surface area contributed by atoms with Gasteiger partial charge < -0.3 is 5.32 Å². The van der Waals surface area contributed by atoms with Crippen LogP contribution < -0.4 is 5.32 Å². The number of hydrogen-bond acceptors (Lipinski definition) is 1. The first kappa shape index (κ1) is 9.61. The van der Waals surface area contributed by atoms with Gasteiger partial charge in [-0.05, 0) is 33.6 Å². The van der Waals surface area contributed by atoms with Crippen molar-refractivity contribution in [1.82, 2.24) is 5.32 Å². The summed E-state index contributed by atoms with van der Waals surface area (Å²) in [5.74, 6) is 6.38. The second-order valence-corrected chi connectivity index (χ2v) is 4.54. The van der Waals surface area contributed by atoms with Gasteiger partial charge in [0.1, 0.15) is 0 Å². The molecule has 68 valence electrons. The van der Waals surface area contributed by atoms with E-state index in [0.717, 1.165) is 12.8 Å². The van der Waals surface area contributed by atoms with E-state index in [-0.39, 0.29) is 5.54 Å². The Labute approximate surface area is 75.9 Å². The topological polar surface area (TPSA) is 12.0 Å². The molecule has 0 aromatic rings. The maximum Gasteiger partial charge on any atom is 0.0243 e. The molecule has 1 rings (SSSR count). The van der Waals surface area contributed by atoms with Crippen molar-refractivity contribution < 1.29 is 0 Å². The lowest BCUT2D eigenvalue weighted by molar-refractivity contribution is 0.346. The van der Waals surface area contributed by atoms with Crippen molar-refractivity contribution in [2.45, 2.75) is 58.0 Å². The molecule has 0 heterocycles. The third kappa shape index (κ3) is 3.78. The molecule has 1 aliphatic carbocycles. The maximum atomic E-state index is 3.60. The van der Waals surface area contributed by atoms with Gasteiger partial charge in [-0.1, -0.05) is 0 Å². The van der Waals surface area contributed by atoms with Crippen molar-refractivity contribution in [3.8, 4) is 11.8 Å². The van der Waals surface area contributed by atoms with Crippen LogP contribution in [0.4, 0.5) is 0 Å². The zero-order valence-corrected chi connectivity index (χ0v) is 8.41. The van der Waals surface area contributed by atoms with Crippen LogP contribution in [0.5, 0.6) is 0 Å². The standard InChI is InChI=1S/C11H19N/c1-11(2,3)12-10-8-6-4-5-7-9-10/h10,12H,4,6,8-9H2,1-3H3. The Morgan fingerprint density at radius 3 is 2.67 bits per heavy atom. The van der Waals surface area contributed by atoms with Crippen molar-refractivity contribution >= 4 is 0 Å². The van der Waals surface area contributed by atoms with E-state index in [2.05, 4.69) is 37.9 Å². The van der Waals surface area contributed by atoms with Crippen molar-refractivity contribution in [3.05, 3.63) is 0 Å². The zero-order valence-electron chi connectivity index (χ0n) is 8.41. The molecule has 0 radical (unpaired) electrons.